The zero-order chi connectivity index (χ0) is 18.1. The second-order valence-corrected chi connectivity index (χ2v) is 6.69. The lowest BCUT2D eigenvalue weighted by Gasteiger charge is -2.25. The van der Waals surface area contributed by atoms with Crippen molar-refractivity contribution in [2.45, 2.75) is 19.3 Å². The van der Waals surface area contributed by atoms with Crippen LogP contribution in [0.15, 0.2) is 54.7 Å². The number of benzene rings is 2. The number of fused-ring (bicyclic) bond motifs is 1. The van der Waals surface area contributed by atoms with Gasteiger partial charge in [0.15, 0.2) is 0 Å². The summed E-state index contributed by atoms with van der Waals surface area (Å²) in [7, 11) is 0. The van der Waals surface area contributed by atoms with Crippen LogP contribution < -0.4 is 10.1 Å². The van der Waals surface area contributed by atoms with Gasteiger partial charge in [-0.2, -0.15) is 5.10 Å². The van der Waals surface area contributed by atoms with E-state index in [2.05, 4.69) is 10.4 Å². The van der Waals surface area contributed by atoms with Crippen LogP contribution >= 0.6 is 11.6 Å². The predicted octanol–water partition coefficient (Wildman–Crippen LogP) is 4.34. The van der Waals surface area contributed by atoms with E-state index in [9.17, 15) is 4.79 Å². The molecule has 5 nitrogen and oxygen atoms in total. The van der Waals surface area contributed by atoms with Gasteiger partial charge in [-0.3, -0.25) is 4.79 Å². The molecule has 3 aromatic rings. The average molecular weight is 368 g/mol. The molecule has 1 aliphatic heterocycles. The molecule has 0 fully saturated rings. The Morgan fingerprint density at radius 1 is 1.27 bits per heavy atom. The number of nitrogens with one attached hydrogen (secondary N) is 1. The van der Waals surface area contributed by atoms with E-state index in [0.717, 1.165) is 22.7 Å². The summed E-state index contributed by atoms with van der Waals surface area (Å²) in [5.74, 6) is 0.508. The van der Waals surface area contributed by atoms with Crippen LogP contribution in [0.1, 0.15) is 23.6 Å². The molecule has 0 saturated heterocycles. The van der Waals surface area contributed by atoms with Crippen LogP contribution in [0.3, 0.4) is 0 Å². The smallest absolute Gasteiger partial charge is 0.232 e. The minimum absolute atomic E-state index is 0.0468. The third kappa shape index (κ3) is 3.06. The summed E-state index contributed by atoms with van der Waals surface area (Å²) in [6.45, 7) is 2.46. The molecule has 0 saturated carbocycles. The highest BCUT2D eigenvalue weighted by Crippen LogP contribution is 2.34. The second-order valence-electron chi connectivity index (χ2n) is 6.25. The van der Waals surface area contributed by atoms with E-state index >= 15 is 0 Å². The fraction of sp³-hybridized carbons (Fsp3) is 0.200. The summed E-state index contributed by atoms with van der Waals surface area (Å²) in [6, 6.07) is 15.1. The van der Waals surface area contributed by atoms with Gasteiger partial charge in [-0.25, -0.2) is 4.68 Å². The Morgan fingerprint density at radius 2 is 2.12 bits per heavy atom. The van der Waals surface area contributed by atoms with Gasteiger partial charge in [0, 0.05) is 10.6 Å². The van der Waals surface area contributed by atoms with Crippen LogP contribution in [-0.4, -0.2) is 22.3 Å². The molecule has 2 heterocycles. The van der Waals surface area contributed by atoms with Gasteiger partial charge >= 0.3 is 0 Å². The number of rotatable bonds is 3. The van der Waals surface area contributed by atoms with Crippen molar-refractivity contribution in [2.24, 2.45) is 0 Å². The Balaban J connectivity index is 1.58. The summed E-state index contributed by atoms with van der Waals surface area (Å²) in [6.07, 6.45) is 2.32. The topological polar surface area (TPSA) is 56.1 Å². The molecule has 1 N–H and O–H groups in total. The predicted molar refractivity (Wildman–Crippen MR) is 101 cm³/mol. The number of aromatic nitrogens is 2. The van der Waals surface area contributed by atoms with E-state index in [1.165, 1.54) is 0 Å². The van der Waals surface area contributed by atoms with E-state index in [-0.39, 0.29) is 11.8 Å². The number of carbonyl (C=O) groups excluding carboxylic acids is 1. The first kappa shape index (κ1) is 16.7. The molecule has 0 aliphatic carbocycles. The minimum Gasteiger partial charge on any atom is -0.493 e. The zero-order valence-electron chi connectivity index (χ0n) is 14.3. The largest absolute Gasteiger partial charge is 0.493 e. The number of hydrogen-bond donors (Lipinski definition) is 1. The molecule has 0 radical (unpaired) electrons. The van der Waals surface area contributed by atoms with Gasteiger partial charge in [-0.15, -0.1) is 0 Å². The van der Waals surface area contributed by atoms with E-state index < -0.39 is 0 Å². The lowest BCUT2D eigenvalue weighted by atomic mass is 9.92. The van der Waals surface area contributed by atoms with Crippen LogP contribution in [0.25, 0.3) is 5.69 Å². The Bertz CT molecular complexity index is 967. The number of carbonyl (C=O) groups is 1. The fourth-order valence-electron chi connectivity index (χ4n) is 3.23. The Morgan fingerprint density at radius 3 is 2.96 bits per heavy atom. The minimum atomic E-state index is -0.228. The second kappa shape index (κ2) is 6.84. The van der Waals surface area contributed by atoms with Gasteiger partial charge in [0.25, 0.3) is 0 Å². The fourth-order valence-corrected chi connectivity index (χ4v) is 3.42. The molecule has 1 unspecified atom stereocenters. The number of hydrogen-bond acceptors (Lipinski definition) is 3. The van der Waals surface area contributed by atoms with Crippen LogP contribution in [0, 0.1) is 6.92 Å². The Hall–Kier alpha value is -2.79. The van der Waals surface area contributed by atoms with Crippen molar-refractivity contribution >= 4 is 23.2 Å². The van der Waals surface area contributed by atoms with Crippen LogP contribution in [-0.2, 0) is 4.79 Å². The van der Waals surface area contributed by atoms with Gasteiger partial charge < -0.3 is 10.1 Å². The molecular formula is C20H18ClN3O2. The summed E-state index contributed by atoms with van der Waals surface area (Å²) >= 11 is 6.06. The number of amides is 1. The molecule has 6 heteroatoms. The zero-order valence-corrected chi connectivity index (χ0v) is 15.0. The molecule has 26 heavy (non-hydrogen) atoms. The summed E-state index contributed by atoms with van der Waals surface area (Å²) in [5, 5.41) is 8.04. The number of ether oxygens (including phenoxy) is 1. The number of nitrogens with zero attached hydrogens (tertiary/aromatic N) is 2. The Kier molecular flexibility index (Phi) is 4.39. The SMILES string of the molecule is Cc1c(NC(=O)C2CCOc3ccccc32)cnn1-c1cccc(Cl)c1. The van der Waals surface area contributed by atoms with Gasteiger partial charge in [0.2, 0.25) is 5.91 Å². The molecule has 1 aliphatic rings. The lowest BCUT2D eigenvalue weighted by molar-refractivity contribution is -0.118. The molecule has 1 amide bonds. The van der Waals surface area contributed by atoms with Gasteiger partial charge in [-0.05, 0) is 37.6 Å². The number of para-hydroxylation sites is 1. The maximum Gasteiger partial charge on any atom is 0.232 e. The third-order valence-corrected chi connectivity index (χ3v) is 4.83. The first-order valence-corrected chi connectivity index (χ1v) is 8.84. The van der Waals surface area contributed by atoms with Crippen molar-refractivity contribution in [1.82, 2.24) is 9.78 Å². The maximum atomic E-state index is 12.9. The van der Waals surface area contributed by atoms with Gasteiger partial charge in [-0.1, -0.05) is 35.9 Å². The Labute approximate surface area is 156 Å². The van der Waals surface area contributed by atoms with Crippen molar-refractivity contribution in [1.29, 1.82) is 0 Å². The molecule has 4 rings (SSSR count). The van der Waals surface area contributed by atoms with Crippen molar-refractivity contribution < 1.29 is 9.53 Å². The maximum absolute atomic E-state index is 12.9. The molecule has 2 aromatic carbocycles. The molecule has 1 atom stereocenters. The van der Waals surface area contributed by atoms with E-state index in [4.69, 9.17) is 16.3 Å². The van der Waals surface area contributed by atoms with Crippen LogP contribution in [0.5, 0.6) is 5.75 Å². The van der Waals surface area contributed by atoms with Crippen molar-refractivity contribution in [3.63, 3.8) is 0 Å². The standard InChI is InChI=1S/C20H18ClN3O2/c1-13-18(12-22-24(13)15-6-4-5-14(21)11-15)23-20(25)17-9-10-26-19-8-3-2-7-16(17)19/h2-8,11-12,17H,9-10H2,1H3,(H,23,25). The van der Waals surface area contributed by atoms with Gasteiger partial charge in [0.1, 0.15) is 5.75 Å². The first-order chi connectivity index (χ1) is 12.6. The molecule has 1 aromatic heterocycles. The van der Waals surface area contributed by atoms with Crippen LogP contribution in [0.2, 0.25) is 5.02 Å². The summed E-state index contributed by atoms with van der Waals surface area (Å²) in [5.41, 5.74) is 3.32. The van der Waals surface area contributed by atoms with Crippen molar-refractivity contribution in [3.05, 3.63) is 71.0 Å². The highest BCUT2D eigenvalue weighted by Gasteiger charge is 2.28. The monoisotopic (exact) mass is 367 g/mol. The highest BCUT2D eigenvalue weighted by molar-refractivity contribution is 6.30. The molecule has 0 bridgehead atoms. The number of anilines is 1. The van der Waals surface area contributed by atoms with E-state index in [0.29, 0.717) is 23.7 Å². The van der Waals surface area contributed by atoms with Crippen molar-refractivity contribution in [3.8, 4) is 11.4 Å². The highest BCUT2D eigenvalue weighted by atomic mass is 35.5. The molecule has 132 valence electrons. The summed E-state index contributed by atoms with van der Waals surface area (Å²) in [4.78, 5) is 12.9. The van der Waals surface area contributed by atoms with Gasteiger partial charge in [0.05, 0.1) is 35.8 Å². The van der Waals surface area contributed by atoms with E-state index in [1.54, 1.807) is 10.9 Å². The average Bonchev–Trinajstić information content (AvgIpc) is 3.01. The quantitative estimate of drug-likeness (QED) is 0.749. The summed E-state index contributed by atoms with van der Waals surface area (Å²) < 4.78 is 7.41. The van der Waals surface area contributed by atoms with Crippen LogP contribution in [0.4, 0.5) is 5.69 Å². The van der Waals surface area contributed by atoms with E-state index in [1.807, 2.05) is 55.5 Å². The number of halogens is 1. The molecule has 0 spiro atoms. The molecular weight excluding hydrogens is 350 g/mol. The third-order valence-electron chi connectivity index (χ3n) is 4.60. The normalized spacial score (nSPS) is 15.8. The van der Waals surface area contributed by atoms with Crippen molar-refractivity contribution in [2.75, 3.05) is 11.9 Å². The first-order valence-electron chi connectivity index (χ1n) is 8.46. The lowest BCUT2D eigenvalue weighted by Crippen LogP contribution is -2.26.